The van der Waals surface area contributed by atoms with Gasteiger partial charge in [-0.25, -0.2) is 4.39 Å². The zero-order chi connectivity index (χ0) is 15.2. The summed E-state index contributed by atoms with van der Waals surface area (Å²) in [4.78, 5) is 14.4. The fourth-order valence-electron chi connectivity index (χ4n) is 2.05. The van der Waals surface area contributed by atoms with E-state index in [1.165, 1.54) is 6.20 Å². The Morgan fingerprint density at radius 1 is 1.52 bits per heavy atom. The Morgan fingerprint density at radius 3 is 3.05 bits per heavy atom. The third-order valence-electron chi connectivity index (χ3n) is 2.99. The van der Waals surface area contributed by atoms with E-state index in [9.17, 15) is 14.5 Å². The second-order valence-electron chi connectivity index (χ2n) is 4.39. The van der Waals surface area contributed by atoms with Crippen LogP contribution in [0.25, 0.3) is 10.9 Å². The third kappa shape index (κ3) is 3.43. The van der Waals surface area contributed by atoms with Gasteiger partial charge in [0.2, 0.25) is 0 Å². The summed E-state index contributed by atoms with van der Waals surface area (Å²) in [6, 6.07) is 4.08. The molecule has 112 valence electrons. The molecule has 0 aliphatic carbocycles. The number of nitro benzene ring substituents is 1. The molecule has 0 atom stereocenters. The standard InChI is InChI=1S/C14H16FN3O3/c1-2-21-8-4-7-17-14-11(15)9-12(18(19)20)10-5-3-6-16-13(10)14/h3,5-6,9,17H,2,4,7-8H2,1H3. The molecular weight excluding hydrogens is 277 g/mol. The van der Waals surface area contributed by atoms with Crippen LogP contribution in [-0.4, -0.2) is 29.7 Å². The van der Waals surface area contributed by atoms with Gasteiger partial charge < -0.3 is 10.1 Å². The largest absolute Gasteiger partial charge is 0.382 e. The fourth-order valence-corrected chi connectivity index (χ4v) is 2.05. The van der Waals surface area contributed by atoms with Crippen molar-refractivity contribution in [3.05, 3.63) is 40.3 Å². The molecule has 0 saturated carbocycles. The van der Waals surface area contributed by atoms with Gasteiger partial charge in [-0.05, 0) is 25.5 Å². The van der Waals surface area contributed by atoms with Crippen LogP contribution in [0, 0.1) is 15.9 Å². The number of nitrogens with one attached hydrogen (secondary N) is 1. The maximum Gasteiger partial charge on any atom is 0.281 e. The average Bonchev–Trinajstić information content (AvgIpc) is 2.48. The lowest BCUT2D eigenvalue weighted by Gasteiger charge is -2.10. The molecule has 1 heterocycles. The minimum absolute atomic E-state index is 0.188. The van der Waals surface area contributed by atoms with Gasteiger partial charge >= 0.3 is 0 Å². The summed E-state index contributed by atoms with van der Waals surface area (Å²) in [5.41, 5.74) is 0.170. The van der Waals surface area contributed by atoms with Gasteiger partial charge in [0.1, 0.15) is 5.52 Å². The fraction of sp³-hybridized carbons (Fsp3) is 0.357. The van der Waals surface area contributed by atoms with E-state index in [0.29, 0.717) is 31.6 Å². The average molecular weight is 293 g/mol. The van der Waals surface area contributed by atoms with Crippen molar-refractivity contribution in [3.63, 3.8) is 0 Å². The molecule has 2 aromatic rings. The molecule has 0 bridgehead atoms. The predicted octanol–water partition coefficient (Wildman–Crippen LogP) is 3.12. The molecule has 2 rings (SSSR count). The first-order valence-corrected chi connectivity index (χ1v) is 6.68. The molecule has 7 heteroatoms. The summed E-state index contributed by atoms with van der Waals surface area (Å²) < 4.78 is 19.3. The van der Waals surface area contributed by atoms with Crippen LogP contribution in [-0.2, 0) is 4.74 Å². The first-order chi connectivity index (χ1) is 10.1. The maximum atomic E-state index is 14.1. The zero-order valence-electron chi connectivity index (χ0n) is 11.6. The van der Waals surface area contributed by atoms with Gasteiger partial charge in [-0.15, -0.1) is 0 Å². The van der Waals surface area contributed by atoms with Gasteiger partial charge in [0.15, 0.2) is 5.82 Å². The van der Waals surface area contributed by atoms with Crippen LogP contribution < -0.4 is 5.32 Å². The molecule has 0 saturated heterocycles. The number of halogens is 1. The van der Waals surface area contributed by atoms with E-state index in [1.807, 2.05) is 6.92 Å². The molecule has 0 aliphatic rings. The summed E-state index contributed by atoms with van der Waals surface area (Å²) >= 11 is 0. The van der Waals surface area contributed by atoms with Crippen molar-refractivity contribution in [3.8, 4) is 0 Å². The van der Waals surface area contributed by atoms with Crippen molar-refractivity contribution in [1.82, 2.24) is 4.98 Å². The SMILES string of the molecule is CCOCCCNc1c(F)cc([N+](=O)[O-])c2cccnc12. The summed E-state index contributed by atoms with van der Waals surface area (Å²) in [6.45, 7) is 3.61. The Labute approximate surface area is 121 Å². The van der Waals surface area contributed by atoms with Crippen molar-refractivity contribution in [2.75, 3.05) is 25.1 Å². The monoisotopic (exact) mass is 293 g/mol. The highest BCUT2D eigenvalue weighted by molar-refractivity contribution is 5.97. The third-order valence-corrected chi connectivity index (χ3v) is 2.99. The second kappa shape index (κ2) is 6.94. The highest BCUT2D eigenvalue weighted by Crippen LogP contribution is 2.32. The van der Waals surface area contributed by atoms with Crippen LogP contribution in [0.2, 0.25) is 0 Å². The number of nitrogens with zero attached hydrogens (tertiary/aromatic N) is 2. The molecule has 21 heavy (non-hydrogen) atoms. The summed E-state index contributed by atoms with van der Waals surface area (Å²) in [5.74, 6) is -0.677. The number of rotatable bonds is 7. The second-order valence-corrected chi connectivity index (χ2v) is 4.39. The molecule has 1 aromatic carbocycles. The van der Waals surface area contributed by atoms with Crippen molar-refractivity contribution in [1.29, 1.82) is 0 Å². The van der Waals surface area contributed by atoms with Gasteiger partial charge in [0.05, 0.1) is 22.1 Å². The maximum absolute atomic E-state index is 14.1. The van der Waals surface area contributed by atoms with Crippen LogP contribution in [0.5, 0.6) is 0 Å². The molecule has 1 N–H and O–H groups in total. The Kier molecular flexibility index (Phi) is 4.99. The molecule has 0 radical (unpaired) electrons. The quantitative estimate of drug-likeness (QED) is 0.482. The predicted molar refractivity (Wildman–Crippen MR) is 78.0 cm³/mol. The van der Waals surface area contributed by atoms with Gasteiger partial charge in [-0.2, -0.15) is 0 Å². The van der Waals surface area contributed by atoms with Crippen molar-refractivity contribution in [2.45, 2.75) is 13.3 Å². The zero-order valence-corrected chi connectivity index (χ0v) is 11.6. The van der Waals surface area contributed by atoms with Crippen LogP contribution in [0.3, 0.4) is 0 Å². The highest BCUT2D eigenvalue weighted by Gasteiger charge is 2.19. The van der Waals surface area contributed by atoms with Crippen LogP contribution in [0.1, 0.15) is 13.3 Å². The van der Waals surface area contributed by atoms with E-state index < -0.39 is 10.7 Å². The van der Waals surface area contributed by atoms with E-state index in [-0.39, 0.29) is 16.9 Å². The normalized spacial score (nSPS) is 10.8. The van der Waals surface area contributed by atoms with Crippen molar-refractivity contribution < 1.29 is 14.1 Å². The van der Waals surface area contributed by atoms with Crippen molar-refractivity contribution in [2.24, 2.45) is 0 Å². The van der Waals surface area contributed by atoms with E-state index in [1.54, 1.807) is 12.1 Å². The topological polar surface area (TPSA) is 77.3 Å². The highest BCUT2D eigenvalue weighted by atomic mass is 19.1. The van der Waals surface area contributed by atoms with Gasteiger partial charge in [-0.1, -0.05) is 0 Å². The Morgan fingerprint density at radius 2 is 2.33 bits per heavy atom. The van der Waals surface area contributed by atoms with Gasteiger partial charge in [-0.3, -0.25) is 15.1 Å². The number of anilines is 1. The summed E-state index contributed by atoms with van der Waals surface area (Å²) in [6.07, 6.45) is 2.19. The first kappa shape index (κ1) is 15.1. The number of benzene rings is 1. The summed E-state index contributed by atoms with van der Waals surface area (Å²) in [5, 5.41) is 14.2. The lowest BCUT2D eigenvalue weighted by atomic mass is 10.1. The number of pyridine rings is 1. The molecule has 6 nitrogen and oxygen atoms in total. The number of fused-ring (bicyclic) bond motifs is 1. The molecule has 0 aliphatic heterocycles. The number of aromatic nitrogens is 1. The Bertz CT molecular complexity index is 649. The van der Waals surface area contributed by atoms with Crippen LogP contribution in [0.4, 0.5) is 15.8 Å². The first-order valence-electron chi connectivity index (χ1n) is 6.68. The van der Waals surface area contributed by atoms with Crippen LogP contribution >= 0.6 is 0 Å². The molecule has 0 spiro atoms. The van der Waals surface area contributed by atoms with Gasteiger partial charge in [0.25, 0.3) is 5.69 Å². The smallest absolute Gasteiger partial charge is 0.281 e. The Balaban J connectivity index is 2.29. The molecule has 1 aromatic heterocycles. The van der Waals surface area contributed by atoms with Crippen molar-refractivity contribution >= 4 is 22.3 Å². The van der Waals surface area contributed by atoms with E-state index in [2.05, 4.69) is 10.3 Å². The lowest BCUT2D eigenvalue weighted by Crippen LogP contribution is -2.08. The lowest BCUT2D eigenvalue weighted by molar-refractivity contribution is -0.383. The number of hydrogen-bond donors (Lipinski definition) is 1. The number of non-ortho nitro benzene ring substituents is 1. The van der Waals surface area contributed by atoms with E-state index in [0.717, 1.165) is 6.07 Å². The van der Waals surface area contributed by atoms with E-state index >= 15 is 0 Å². The minimum Gasteiger partial charge on any atom is -0.382 e. The van der Waals surface area contributed by atoms with Crippen LogP contribution in [0.15, 0.2) is 24.4 Å². The molecule has 0 fully saturated rings. The molecule has 0 amide bonds. The minimum atomic E-state index is -0.677. The molecule has 0 unspecified atom stereocenters. The summed E-state index contributed by atoms with van der Waals surface area (Å²) in [7, 11) is 0. The number of hydrogen-bond acceptors (Lipinski definition) is 5. The van der Waals surface area contributed by atoms with Gasteiger partial charge in [0, 0.05) is 26.0 Å². The molecular formula is C14H16FN3O3. The number of ether oxygens (including phenoxy) is 1. The Hall–Kier alpha value is -2.28. The van der Waals surface area contributed by atoms with E-state index in [4.69, 9.17) is 4.74 Å². The number of nitro groups is 1.